The summed E-state index contributed by atoms with van der Waals surface area (Å²) in [6.45, 7) is 9.41. The average molecular weight is 402 g/mol. The molecule has 1 N–H and O–H groups in total. The number of rotatable bonds is 4. The highest BCUT2D eigenvalue weighted by atomic mass is 16.4. The van der Waals surface area contributed by atoms with Crippen molar-refractivity contribution in [2.24, 2.45) is 0 Å². The van der Waals surface area contributed by atoms with E-state index in [1.54, 1.807) is 0 Å². The molecule has 154 valence electrons. The van der Waals surface area contributed by atoms with Gasteiger partial charge in [-0.1, -0.05) is 43.5 Å². The fraction of sp³-hybridized carbons (Fsp3) is 0.320. The van der Waals surface area contributed by atoms with Crippen molar-refractivity contribution in [2.45, 2.75) is 25.4 Å². The van der Waals surface area contributed by atoms with Gasteiger partial charge in [0.15, 0.2) is 0 Å². The number of hydrogen-bond donors (Lipinski definition) is 1. The van der Waals surface area contributed by atoms with Gasteiger partial charge >= 0.3 is 5.97 Å². The van der Waals surface area contributed by atoms with Crippen molar-refractivity contribution in [3.05, 3.63) is 78.1 Å². The molecule has 0 spiro atoms. The Balaban J connectivity index is 1.43. The Morgan fingerprint density at radius 1 is 1.07 bits per heavy atom. The minimum atomic E-state index is -0.775. The Morgan fingerprint density at radius 2 is 1.73 bits per heavy atom. The molecule has 0 radical (unpaired) electrons. The van der Waals surface area contributed by atoms with Crippen LogP contribution in [0.2, 0.25) is 0 Å². The minimum absolute atomic E-state index is 0.261. The number of benzene rings is 2. The van der Waals surface area contributed by atoms with Crippen LogP contribution < -0.4 is 4.90 Å². The lowest BCUT2D eigenvalue weighted by atomic mass is 10.1. The summed E-state index contributed by atoms with van der Waals surface area (Å²) in [7, 11) is 0. The van der Waals surface area contributed by atoms with Crippen molar-refractivity contribution in [1.29, 1.82) is 0 Å². The first-order chi connectivity index (χ1) is 14.6. The lowest BCUT2D eigenvalue weighted by Gasteiger charge is -2.39. The van der Waals surface area contributed by atoms with Crippen LogP contribution in [-0.4, -0.2) is 59.1 Å². The fourth-order valence-electron chi connectivity index (χ4n) is 4.34. The molecule has 30 heavy (non-hydrogen) atoms. The SMILES string of the molecule is C=C1N2CCN(c3ccc(C#Cc4ccccc4)cc3)CC2CN1[C@@H](CC)C(=O)O. The number of carboxylic acid groups (broad SMARTS) is 1. The predicted octanol–water partition coefficient (Wildman–Crippen LogP) is 3.23. The quantitative estimate of drug-likeness (QED) is 0.797. The molecule has 2 aromatic rings. The highest BCUT2D eigenvalue weighted by Gasteiger charge is 2.41. The number of fused-ring (bicyclic) bond motifs is 1. The second-order valence-electron chi connectivity index (χ2n) is 7.79. The van der Waals surface area contributed by atoms with Crippen molar-refractivity contribution in [2.75, 3.05) is 31.1 Å². The third-order valence-corrected chi connectivity index (χ3v) is 5.96. The van der Waals surface area contributed by atoms with Crippen LogP contribution in [0.5, 0.6) is 0 Å². The molecule has 2 saturated heterocycles. The Labute approximate surface area is 178 Å². The van der Waals surface area contributed by atoms with Gasteiger partial charge < -0.3 is 19.8 Å². The summed E-state index contributed by atoms with van der Waals surface area (Å²) >= 11 is 0. The van der Waals surface area contributed by atoms with E-state index in [0.29, 0.717) is 13.0 Å². The molecule has 1 unspecified atom stereocenters. The zero-order valence-electron chi connectivity index (χ0n) is 17.3. The average Bonchev–Trinajstić information content (AvgIpc) is 3.09. The topological polar surface area (TPSA) is 47.0 Å². The summed E-state index contributed by atoms with van der Waals surface area (Å²) < 4.78 is 0. The number of nitrogens with zero attached hydrogens (tertiary/aromatic N) is 3. The van der Waals surface area contributed by atoms with Crippen LogP contribution in [0.3, 0.4) is 0 Å². The van der Waals surface area contributed by atoms with E-state index in [2.05, 4.69) is 52.5 Å². The molecule has 0 aromatic heterocycles. The van der Waals surface area contributed by atoms with Gasteiger partial charge in [-0.25, -0.2) is 4.79 Å². The Bertz CT molecular complexity index is 975. The van der Waals surface area contributed by atoms with Crippen LogP contribution >= 0.6 is 0 Å². The van der Waals surface area contributed by atoms with E-state index in [0.717, 1.165) is 36.6 Å². The Morgan fingerprint density at radius 3 is 2.37 bits per heavy atom. The molecule has 0 aliphatic carbocycles. The van der Waals surface area contributed by atoms with Crippen molar-refractivity contribution in [1.82, 2.24) is 9.80 Å². The van der Waals surface area contributed by atoms with Gasteiger partial charge in [-0.05, 0) is 42.8 Å². The summed E-state index contributed by atoms with van der Waals surface area (Å²) in [6.07, 6.45) is 0.574. The maximum absolute atomic E-state index is 11.6. The number of carbonyl (C=O) groups is 1. The molecular formula is C25H27N3O2. The highest BCUT2D eigenvalue weighted by molar-refractivity contribution is 5.73. The molecule has 0 bridgehead atoms. The molecule has 4 rings (SSSR count). The van der Waals surface area contributed by atoms with Gasteiger partial charge in [-0.15, -0.1) is 0 Å². The standard InChI is InChI=1S/C25H27N3O2/c1-3-24(25(29)30)28-18-23-17-26(15-16-27(23)19(28)2)22-13-11-21(12-14-22)10-9-20-7-5-4-6-8-20/h4-8,11-14,23-24H,2-3,15-18H2,1H3,(H,29,30)/t23?,24-/m0/s1. The molecule has 2 aliphatic heterocycles. The van der Waals surface area contributed by atoms with E-state index >= 15 is 0 Å². The number of carboxylic acids is 1. The molecule has 2 heterocycles. The molecule has 0 saturated carbocycles. The normalized spacial score (nSPS) is 19.2. The molecule has 2 atom stereocenters. The van der Waals surface area contributed by atoms with Crippen LogP contribution in [0, 0.1) is 11.8 Å². The van der Waals surface area contributed by atoms with Crippen LogP contribution in [-0.2, 0) is 4.79 Å². The van der Waals surface area contributed by atoms with E-state index < -0.39 is 12.0 Å². The third kappa shape index (κ3) is 3.99. The highest BCUT2D eigenvalue weighted by Crippen LogP contribution is 2.30. The fourth-order valence-corrected chi connectivity index (χ4v) is 4.34. The summed E-state index contributed by atoms with van der Waals surface area (Å²) in [5.74, 6) is 6.48. The maximum Gasteiger partial charge on any atom is 0.326 e. The van der Waals surface area contributed by atoms with Gasteiger partial charge in [0.1, 0.15) is 6.04 Å². The molecule has 0 amide bonds. The molecule has 2 fully saturated rings. The smallest absolute Gasteiger partial charge is 0.326 e. The van der Waals surface area contributed by atoms with E-state index in [4.69, 9.17) is 0 Å². The third-order valence-electron chi connectivity index (χ3n) is 5.96. The summed E-state index contributed by atoms with van der Waals surface area (Å²) in [4.78, 5) is 18.2. The number of anilines is 1. The van der Waals surface area contributed by atoms with Crippen LogP contribution in [0.4, 0.5) is 5.69 Å². The van der Waals surface area contributed by atoms with Gasteiger partial charge in [-0.2, -0.15) is 0 Å². The van der Waals surface area contributed by atoms with Gasteiger partial charge in [0.25, 0.3) is 0 Å². The second kappa shape index (κ2) is 8.54. The number of hydrogen-bond acceptors (Lipinski definition) is 4. The lowest BCUT2D eigenvalue weighted by molar-refractivity contribution is -0.142. The number of aliphatic carboxylic acids is 1. The van der Waals surface area contributed by atoms with Crippen molar-refractivity contribution in [3.63, 3.8) is 0 Å². The largest absolute Gasteiger partial charge is 0.480 e. The molecular weight excluding hydrogens is 374 g/mol. The minimum Gasteiger partial charge on any atom is -0.480 e. The van der Waals surface area contributed by atoms with Gasteiger partial charge in [0.2, 0.25) is 0 Å². The summed E-state index contributed by atoms with van der Waals surface area (Å²) in [6, 6.07) is 18.1. The van der Waals surface area contributed by atoms with E-state index in [-0.39, 0.29) is 6.04 Å². The van der Waals surface area contributed by atoms with Gasteiger partial charge in [0, 0.05) is 43.0 Å². The van der Waals surface area contributed by atoms with Gasteiger partial charge in [0.05, 0.1) is 11.9 Å². The van der Waals surface area contributed by atoms with Crippen molar-refractivity contribution in [3.8, 4) is 11.8 Å². The van der Waals surface area contributed by atoms with Crippen LogP contribution in [0.15, 0.2) is 67.0 Å². The van der Waals surface area contributed by atoms with Crippen LogP contribution in [0.1, 0.15) is 24.5 Å². The first kappa shape index (κ1) is 19.9. The zero-order valence-corrected chi connectivity index (χ0v) is 17.3. The molecule has 5 heteroatoms. The lowest BCUT2D eigenvalue weighted by Crippen LogP contribution is -2.50. The molecule has 2 aliphatic rings. The van der Waals surface area contributed by atoms with E-state index in [1.165, 1.54) is 5.69 Å². The van der Waals surface area contributed by atoms with Crippen molar-refractivity contribution >= 4 is 11.7 Å². The maximum atomic E-state index is 11.6. The summed E-state index contributed by atoms with van der Waals surface area (Å²) in [5.41, 5.74) is 3.18. The Hall–Kier alpha value is -3.39. The monoisotopic (exact) mass is 401 g/mol. The van der Waals surface area contributed by atoms with Crippen LogP contribution in [0.25, 0.3) is 0 Å². The number of piperazine rings is 1. The molecule has 5 nitrogen and oxygen atoms in total. The predicted molar refractivity (Wildman–Crippen MR) is 119 cm³/mol. The van der Waals surface area contributed by atoms with E-state index in [9.17, 15) is 9.90 Å². The zero-order chi connectivity index (χ0) is 21.1. The Kier molecular flexibility index (Phi) is 5.67. The van der Waals surface area contributed by atoms with Gasteiger partial charge in [-0.3, -0.25) is 0 Å². The first-order valence-electron chi connectivity index (χ1n) is 10.4. The second-order valence-corrected chi connectivity index (χ2v) is 7.79. The summed E-state index contributed by atoms with van der Waals surface area (Å²) in [5, 5.41) is 9.53. The molecule has 2 aromatic carbocycles. The first-order valence-corrected chi connectivity index (χ1v) is 10.4. The van der Waals surface area contributed by atoms with Crippen molar-refractivity contribution < 1.29 is 9.90 Å². The van der Waals surface area contributed by atoms with E-state index in [1.807, 2.05) is 42.2 Å².